The highest BCUT2D eigenvalue weighted by Gasteiger charge is 2.16. The SMILES string of the molecule is Cc1cccc(Cc2nn(Cc3ccc(Cl)c(Cl)c3)c(N)c2C#N)c1. The van der Waals surface area contributed by atoms with Gasteiger partial charge in [0.15, 0.2) is 0 Å². The third-order valence-electron chi connectivity index (χ3n) is 3.95. The number of halogens is 2. The third kappa shape index (κ3) is 3.79. The molecule has 0 bridgehead atoms. The van der Waals surface area contributed by atoms with Crippen LogP contribution in [0.3, 0.4) is 0 Å². The number of hydrogen-bond donors (Lipinski definition) is 1. The monoisotopic (exact) mass is 370 g/mol. The molecule has 3 rings (SSSR count). The lowest BCUT2D eigenvalue weighted by atomic mass is 10.1. The summed E-state index contributed by atoms with van der Waals surface area (Å²) in [5.74, 6) is 0.358. The Morgan fingerprint density at radius 2 is 1.92 bits per heavy atom. The number of nitriles is 1. The van der Waals surface area contributed by atoms with Crippen molar-refractivity contribution in [3.63, 3.8) is 0 Å². The zero-order chi connectivity index (χ0) is 18.0. The quantitative estimate of drug-likeness (QED) is 0.729. The van der Waals surface area contributed by atoms with Gasteiger partial charge in [-0.25, -0.2) is 4.68 Å². The van der Waals surface area contributed by atoms with E-state index in [1.165, 1.54) is 5.56 Å². The molecule has 0 radical (unpaired) electrons. The van der Waals surface area contributed by atoms with Crippen molar-refractivity contribution in [2.24, 2.45) is 0 Å². The molecule has 6 heteroatoms. The molecule has 0 saturated heterocycles. The number of nitrogens with zero attached hydrogens (tertiary/aromatic N) is 3. The van der Waals surface area contributed by atoms with E-state index in [-0.39, 0.29) is 0 Å². The average molecular weight is 371 g/mol. The van der Waals surface area contributed by atoms with Crippen LogP contribution in [0.2, 0.25) is 10.0 Å². The van der Waals surface area contributed by atoms with Gasteiger partial charge in [-0.2, -0.15) is 10.4 Å². The topological polar surface area (TPSA) is 67.6 Å². The maximum Gasteiger partial charge on any atom is 0.140 e. The molecule has 0 fully saturated rings. The van der Waals surface area contributed by atoms with E-state index in [1.807, 2.05) is 31.2 Å². The van der Waals surface area contributed by atoms with Crippen LogP contribution in [0.15, 0.2) is 42.5 Å². The molecular formula is C19H16Cl2N4. The van der Waals surface area contributed by atoms with Crippen LogP contribution in [0.25, 0.3) is 0 Å². The van der Waals surface area contributed by atoms with Crippen LogP contribution >= 0.6 is 23.2 Å². The number of benzene rings is 2. The molecule has 0 amide bonds. The summed E-state index contributed by atoms with van der Waals surface area (Å²) in [5, 5.41) is 15.0. The smallest absolute Gasteiger partial charge is 0.140 e. The Balaban J connectivity index is 1.92. The Morgan fingerprint density at radius 1 is 1.12 bits per heavy atom. The van der Waals surface area contributed by atoms with Gasteiger partial charge in [0.2, 0.25) is 0 Å². The summed E-state index contributed by atoms with van der Waals surface area (Å²) in [6.45, 7) is 2.46. The van der Waals surface area contributed by atoms with Gasteiger partial charge in [-0.15, -0.1) is 0 Å². The normalized spacial score (nSPS) is 10.6. The lowest BCUT2D eigenvalue weighted by molar-refractivity contribution is 0.685. The largest absolute Gasteiger partial charge is 0.383 e. The van der Waals surface area contributed by atoms with Crippen LogP contribution in [0.1, 0.15) is 27.9 Å². The van der Waals surface area contributed by atoms with Crippen molar-refractivity contribution in [1.29, 1.82) is 5.26 Å². The molecule has 0 aliphatic carbocycles. The van der Waals surface area contributed by atoms with Gasteiger partial charge in [-0.1, -0.05) is 59.1 Å². The fraction of sp³-hybridized carbons (Fsp3) is 0.158. The molecule has 1 heterocycles. The van der Waals surface area contributed by atoms with E-state index in [1.54, 1.807) is 16.8 Å². The highest BCUT2D eigenvalue weighted by Crippen LogP contribution is 2.25. The van der Waals surface area contributed by atoms with E-state index in [0.717, 1.165) is 11.1 Å². The molecular weight excluding hydrogens is 355 g/mol. The Morgan fingerprint density at radius 3 is 2.60 bits per heavy atom. The van der Waals surface area contributed by atoms with Gasteiger partial charge in [-0.3, -0.25) is 0 Å². The number of rotatable bonds is 4. The van der Waals surface area contributed by atoms with Gasteiger partial charge in [0.25, 0.3) is 0 Å². The Bertz CT molecular complexity index is 970. The minimum atomic E-state index is 0.358. The summed E-state index contributed by atoms with van der Waals surface area (Å²) < 4.78 is 1.63. The van der Waals surface area contributed by atoms with Gasteiger partial charge >= 0.3 is 0 Å². The highest BCUT2D eigenvalue weighted by atomic mass is 35.5. The van der Waals surface area contributed by atoms with E-state index in [0.29, 0.717) is 40.1 Å². The summed E-state index contributed by atoms with van der Waals surface area (Å²) in [6.07, 6.45) is 0.559. The second kappa shape index (κ2) is 7.18. The summed E-state index contributed by atoms with van der Waals surface area (Å²) in [4.78, 5) is 0. The molecule has 1 aromatic heterocycles. The number of aromatic nitrogens is 2. The van der Waals surface area contributed by atoms with Crippen LogP contribution in [0.4, 0.5) is 5.82 Å². The van der Waals surface area contributed by atoms with Crippen LogP contribution in [0, 0.1) is 18.3 Å². The first kappa shape index (κ1) is 17.3. The second-order valence-electron chi connectivity index (χ2n) is 5.89. The van der Waals surface area contributed by atoms with E-state index >= 15 is 0 Å². The van der Waals surface area contributed by atoms with E-state index < -0.39 is 0 Å². The number of nitrogen functional groups attached to an aromatic ring is 1. The fourth-order valence-electron chi connectivity index (χ4n) is 2.72. The first-order chi connectivity index (χ1) is 12.0. The molecule has 0 aliphatic rings. The van der Waals surface area contributed by atoms with Gasteiger partial charge in [0.05, 0.1) is 22.3 Å². The predicted octanol–water partition coefficient (Wildman–Crippen LogP) is 4.59. The van der Waals surface area contributed by atoms with Crippen molar-refractivity contribution in [3.8, 4) is 6.07 Å². The molecule has 0 spiro atoms. The first-order valence-electron chi connectivity index (χ1n) is 7.72. The van der Waals surface area contributed by atoms with Gasteiger partial charge < -0.3 is 5.73 Å². The summed E-state index contributed by atoms with van der Waals surface area (Å²) >= 11 is 12.0. The van der Waals surface area contributed by atoms with E-state index in [4.69, 9.17) is 28.9 Å². The number of aryl methyl sites for hydroxylation is 1. The number of nitrogens with two attached hydrogens (primary N) is 1. The Labute approximate surface area is 156 Å². The fourth-order valence-corrected chi connectivity index (χ4v) is 3.04. The molecule has 0 saturated carbocycles. The van der Waals surface area contributed by atoms with Crippen LogP contribution in [-0.4, -0.2) is 9.78 Å². The van der Waals surface area contributed by atoms with Crippen molar-refractivity contribution < 1.29 is 0 Å². The third-order valence-corrected chi connectivity index (χ3v) is 4.69. The molecule has 4 nitrogen and oxygen atoms in total. The number of hydrogen-bond acceptors (Lipinski definition) is 3. The first-order valence-corrected chi connectivity index (χ1v) is 8.48. The standard InChI is InChI=1S/C19H16Cl2N4/c1-12-3-2-4-13(7-12)9-18-15(10-22)19(23)25(24-18)11-14-5-6-16(20)17(21)8-14/h2-8H,9,11,23H2,1H3. The molecule has 2 aromatic carbocycles. The molecule has 0 aliphatic heterocycles. The van der Waals surface area contributed by atoms with E-state index in [9.17, 15) is 5.26 Å². The zero-order valence-electron chi connectivity index (χ0n) is 13.6. The van der Waals surface area contributed by atoms with Crippen molar-refractivity contribution in [1.82, 2.24) is 9.78 Å². The second-order valence-corrected chi connectivity index (χ2v) is 6.71. The summed E-state index contributed by atoms with van der Waals surface area (Å²) in [5.41, 5.74) is 10.4. The molecule has 3 aromatic rings. The van der Waals surface area contributed by atoms with Crippen LogP contribution < -0.4 is 5.73 Å². The minimum Gasteiger partial charge on any atom is -0.383 e. The zero-order valence-corrected chi connectivity index (χ0v) is 15.1. The molecule has 126 valence electrons. The summed E-state index contributed by atoms with van der Waals surface area (Å²) in [6, 6.07) is 15.7. The molecule has 0 atom stereocenters. The number of anilines is 1. The highest BCUT2D eigenvalue weighted by molar-refractivity contribution is 6.42. The maximum atomic E-state index is 9.47. The van der Waals surface area contributed by atoms with Crippen molar-refractivity contribution in [3.05, 3.63) is 80.5 Å². The Kier molecular flexibility index (Phi) is 4.98. The molecule has 0 unspecified atom stereocenters. The Hall–Kier alpha value is -2.48. The minimum absolute atomic E-state index is 0.358. The van der Waals surface area contributed by atoms with Crippen LogP contribution in [0.5, 0.6) is 0 Å². The van der Waals surface area contributed by atoms with Crippen LogP contribution in [-0.2, 0) is 13.0 Å². The lowest BCUT2D eigenvalue weighted by Gasteiger charge is -2.05. The van der Waals surface area contributed by atoms with Gasteiger partial charge in [0, 0.05) is 6.42 Å². The maximum absolute atomic E-state index is 9.47. The van der Waals surface area contributed by atoms with Gasteiger partial charge in [-0.05, 0) is 30.2 Å². The average Bonchev–Trinajstić information content (AvgIpc) is 2.86. The van der Waals surface area contributed by atoms with E-state index in [2.05, 4.69) is 17.2 Å². The molecule has 25 heavy (non-hydrogen) atoms. The summed E-state index contributed by atoms with van der Waals surface area (Å²) in [7, 11) is 0. The lowest BCUT2D eigenvalue weighted by Crippen LogP contribution is -2.06. The van der Waals surface area contributed by atoms with Crippen molar-refractivity contribution >= 4 is 29.0 Å². The molecule has 2 N–H and O–H groups in total. The van der Waals surface area contributed by atoms with Crippen molar-refractivity contribution in [2.75, 3.05) is 5.73 Å². The van der Waals surface area contributed by atoms with Crippen molar-refractivity contribution in [2.45, 2.75) is 19.9 Å². The van der Waals surface area contributed by atoms with Gasteiger partial charge in [0.1, 0.15) is 17.5 Å². The predicted molar refractivity (Wildman–Crippen MR) is 101 cm³/mol.